The third-order valence-corrected chi connectivity index (χ3v) is 5.94. The van der Waals surface area contributed by atoms with Crippen LogP contribution in [0.3, 0.4) is 0 Å². The SMILES string of the molecule is O=C(Cc1ccccc1)Nc1ccnn1C1CCN(C[C@@H]2CC=CCC2)CC1. The quantitative estimate of drug-likeness (QED) is 0.771. The molecular weight excluding hydrogens is 348 g/mol. The highest BCUT2D eigenvalue weighted by Crippen LogP contribution is 2.27. The predicted octanol–water partition coefficient (Wildman–Crippen LogP) is 4.06. The summed E-state index contributed by atoms with van der Waals surface area (Å²) in [4.78, 5) is 15.0. The number of hydrogen-bond donors (Lipinski definition) is 1. The lowest BCUT2D eigenvalue weighted by Crippen LogP contribution is -2.38. The number of anilines is 1. The van der Waals surface area contributed by atoms with E-state index in [0.29, 0.717) is 12.5 Å². The maximum Gasteiger partial charge on any atom is 0.229 e. The molecule has 28 heavy (non-hydrogen) atoms. The molecule has 1 amide bonds. The fraction of sp³-hybridized carbons (Fsp3) is 0.478. The Morgan fingerprint density at radius 1 is 1.07 bits per heavy atom. The van der Waals surface area contributed by atoms with Gasteiger partial charge < -0.3 is 10.2 Å². The van der Waals surface area contributed by atoms with E-state index in [0.717, 1.165) is 43.2 Å². The van der Waals surface area contributed by atoms with Crippen LogP contribution in [0.15, 0.2) is 54.7 Å². The summed E-state index contributed by atoms with van der Waals surface area (Å²) in [5, 5.41) is 7.57. The topological polar surface area (TPSA) is 50.2 Å². The van der Waals surface area contributed by atoms with E-state index in [1.807, 2.05) is 41.1 Å². The number of aromatic nitrogens is 2. The van der Waals surface area contributed by atoms with Gasteiger partial charge in [-0.05, 0) is 43.6 Å². The Kier molecular flexibility index (Phi) is 6.22. The van der Waals surface area contributed by atoms with Gasteiger partial charge in [0.15, 0.2) is 0 Å². The van der Waals surface area contributed by atoms with Crippen molar-refractivity contribution in [3.8, 4) is 0 Å². The van der Waals surface area contributed by atoms with Crippen molar-refractivity contribution in [1.29, 1.82) is 0 Å². The summed E-state index contributed by atoms with van der Waals surface area (Å²) in [5.74, 6) is 1.65. The molecule has 1 fully saturated rings. The van der Waals surface area contributed by atoms with E-state index >= 15 is 0 Å². The van der Waals surface area contributed by atoms with Crippen LogP contribution in [0.1, 0.15) is 43.7 Å². The molecule has 0 bridgehead atoms. The molecule has 0 spiro atoms. The van der Waals surface area contributed by atoms with Gasteiger partial charge in [0.05, 0.1) is 18.7 Å². The molecule has 0 unspecified atom stereocenters. The second kappa shape index (κ2) is 9.20. The number of rotatable bonds is 6. The van der Waals surface area contributed by atoms with Crippen molar-refractivity contribution in [2.24, 2.45) is 5.92 Å². The van der Waals surface area contributed by atoms with Crippen LogP contribution in [-0.4, -0.2) is 40.2 Å². The third-order valence-electron chi connectivity index (χ3n) is 5.94. The van der Waals surface area contributed by atoms with Crippen molar-refractivity contribution in [3.05, 3.63) is 60.3 Å². The molecule has 2 aliphatic rings. The number of likely N-dealkylation sites (tertiary alicyclic amines) is 1. The molecule has 0 radical (unpaired) electrons. The van der Waals surface area contributed by atoms with Crippen molar-refractivity contribution < 1.29 is 4.79 Å². The van der Waals surface area contributed by atoms with E-state index < -0.39 is 0 Å². The van der Waals surface area contributed by atoms with Crippen LogP contribution in [0.5, 0.6) is 0 Å². The van der Waals surface area contributed by atoms with Crippen molar-refractivity contribution >= 4 is 11.7 Å². The lowest BCUT2D eigenvalue weighted by molar-refractivity contribution is -0.115. The van der Waals surface area contributed by atoms with Gasteiger partial charge in [0.25, 0.3) is 0 Å². The number of carbonyl (C=O) groups is 1. The van der Waals surface area contributed by atoms with Crippen LogP contribution >= 0.6 is 0 Å². The van der Waals surface area contributed by atoms with Crippen molar-refractivity contribution in [2.45, 2.75) is 44.6 Å². The number of allylic oxidation sites excluding steroid dienone is 2. The number of hydrogen-bond acceptors (Lipinski definition) is 3. The Hall–Kier alpha value is -2.40. The highest BCUT2D eigenvalue weighted by Gasteiger charge is 2.24. The second-order valence-electron chi connectivity index (χ2n) is 8.05. The highest BCUT2D eigenvalue weighted by molar-refractivity contribution is 5.91. The zero-order valence-corrected chi connectivity index (χ0v) is 16.5. The lowest BCUT2D eigenvalue weighted by atomic mass is 9.93. The minimum absolute atomic E-state index is 0.00994. The summed E-state index contributed by atoms with van der Waals surface area (Å²) < 4.78 is 2.02. The predicted molar refractivity (Wildman–Crippen MR) is 112 cm³/mol. The van der Waals surface area contributed by atoms with Crippen molar-refractivity contribution in [1.82, 2.24) is 14.7 Å². The molecule has 4 rings (SSSR count). The van der Waals surface area contributed by atoms with Gasteiger partial charge >= 0.3 is 0 Å². The number of carbonyl (C=O) groups excluding carboxylic acids is 1. The minimum Gasteiger partial charge on any atom is -0.311 e. The van der Waals surface area contributed by atoms with E-state index in [2.05, 4.69) is 27.5 Å². The summed E-state index contributed by atoms with van der Waals surface area (Å²) in [6.07, 6.45) is 12.8. The molecule has 1 aliphatic carbocycles. The molecule has 1 N–H and O–H groups in total. The number of nitrogens with one attached hydrogen (secondary N) is 1. The summed E-state index contributed by atoms with van der Waals surface area (Å²) in [7, 11) is 0. The molecule has 0 saturated carbocycles. The molecule has 1 aromatic heterocycles. The Bertz CT molecular complexity index is 790. The lowest BCUT2D eigenvalue weighted by Gasteiger charge is -2.35. The Balaban J connectivity index is 1.29. The first-order valence-corrected chi connectivity index (χ1v) is 10.5. The van der Waals surface area contributed by atoms with Crippen LogP contribution in [0.4, 0.5) is 5.82 Å². The van der Waals surface area contributed by atoms with Gasteiger partial charge in [0.2, 0.25) is 5.91 Å². The van der Waals surface area contributed by atoms with Crippen LogP contribution in [-0.2, 0) is 11.2 Å². The van der Waals surface area contributed by atoms with Gasteiger partial charge in [-0.2, -0.15) is 5.10 Å². The number of piperidine rings is 1. The number of nitrogens with zero attached hydrogens (tertiary/aromatic N) is 3. The Labute approximate surface area is 167 Å². The average molecular weight is 379 g/mol. The van der Waals surface area contributed by atoms with Gasteiger partial charge in [0.1, 0.15) is 5.82 Å². The maximum absolute atomic E-state index is 12.4. The van der Waals surface area contributed by atoms with E-state index in [1.165, 1.54) is 25.8 Å². The van der Waals surface area contributed by atoms with Crippen LogP contribution < -0.4 is 5.32 Å². The second-order valence-corrected chi connectivity index (χ2v) is 8.05. The van der Waals surface area contributed by atoms with E-state index in [4.69, 9.17) is 0 Å². The first-order valence-electron chi connectivity index (χ1n) is 10.5. The van der Waals surface area contributed by atoms with Crippen LogP contribution in [0, 0.1) is 5.92 Å². The molecule has 1 atom stereocenters. The smallest absolute Gasteiger partial charge is 0.229 e. The zero-order chi connectivity index (χ0) is 19.2. The molecule has 2 heterocycles. The number of amides is 1. The monoisotopic (exact) mass is 378 g/mol. The summed E-state index contributed by atoms with van der Waals surface area (Å²) in [6, 6.07) is 12.1. The van der Waals surface area contributed by atoms with E-state index in [-0.39, 0.29) is 5.91 Å². The first-order chi connectivity index (χ1) is 13.8. The molecule has 1 saturated heterocycles. The van der Waals surface area contributed by atoms with Gasteiger partial charge in [0, 0.05) is 25.7 Å². The van der Waals surface area contributed by atoms with E-state index in [1.54, 1.807) is 6.20 Å². The molecule has 148 valence electrons. The van der Waals surface area contributed by atoms with Gasteiger partial charge in [-0.25, -0.2) is 4.68 Å². The average Bonchev–Trinajstić information content (AvgIpc) is 3.18. The largest absolute Gasteiger partial charge is 0.311 e. The van der Waals surface area contributed by atoms with Crippen molar-refractivity contribution in [3.63, 3.8) is 0 Å². The van der Waals surface area contributed by atoms with Crippen molar-refractivity contribution in [2.75, 3.05) is 25.0 Å². The summed E-state index contributed by atoms with van der Waals surface area (Å²) >= 11 is 0. The minimum atomic E-state index is 0.00994. The summed E-state index contributed by atoms with van der Waals surface area (Å²) in [6.45, 7) is 3.45. The molecule has 1 aromatic carbocycles. The fourth-order valence-corrected chi connectivity index (χ4v) is 4.41. The van der Waals surface area contributed by atoms with Gasteiger partial charge in [-0.15, -0.1) is 0 Å². The van der Waals surface area contributed by atoms with Gasteiger partial charge in [-0.1, -0.05) is 42.5 Å². The fourth-order valence-electron chi connectivity index (χ4n) is 4.41. The third kappa shape index (κ3) is 4.90. The Morgan fingerprint density at radius 3 is 2.64 bits per heavy atom. The molecule has 5 nitrogen and oxygen atoms in total. The zero-order valence-electron chi connectivity index (χ0n) is 16.5. The Morgan fingerprint density at radius 2 is 1.89 bits per heavy atom. The molecular formula is C23H30N4O. The molecule has 2 aromatic rings. The van der Waals surface area contributed by atoms with Crippen LogP contribution in [0.2, 0.25) is 0 Å². The molecule has 1 aliphatic heterocycles. The van der Waals surface area contributed by atoms with Crippen LogP contribution in [0.25, 0.3) is 0 Å². The first kappa shape index (κ1) is 18.9. The highest BCUT2D eigenvalue weighted by atomic mass is 16.1. The molecule has 5 heteroatoms. The number of benzene rings is 1. The van der Waals surface area contributed by atoms with E-state index in [9.17, 15) is 4.79 Å². The maximum atomic E-state index is 12.4. The van der Waals surface area contributed by atoms with Gasteiger partial charge in [-0.3, -0.25) is 4.79 Å². The standard InChI is InChI=1S/C23H30N4O/c28-23(17-19-7-3-1-4-8-19)25-22-11-14-24-27(22)21-12-15-26(16-13-21)18-20-9-5-2-6-10-20/h1-5,7-8,11,14,20-21H,6,9-10,12-13,15-18H2,(H,25,28)/t20-/m1/s1. The summed E-state index contributed by atoms with van der Waals surface area (Å²) in [5.41, 5.74) is 1.02. The normalized spacial score (nSPS) is 20.9.